The van der Waals surface area contributed by atoms with Crippen LogP contribution in [0.15, 0.2) is 0 Å². The molecule has 6 heteroatoms. The highest BCUT2D eigenvalue weighted by atomic mass is 32.2. The summed E-state index contributed by atoms with van der Waals surface area (Å²) in [7, 11) is -3.19. The van der Waals surface area contributed by atoms with Crippen LogP contribution in [0.25, 0.3) is 0 Å². The number of aliphatic hydroxyl groups is 1. The Kier molecular flexibility index (Phi) is 3.40. The van der Waals surface area contributed by atoms with Gasteiger partial charge in [0.2, 0.25) is 0 Å². The van der Waals surface area contributed by atoms with Crippen molar-refractivity contribution in [2.45, 2.75) is 31.4 Å². The first-order valence-corrected chi connectivity index (χ1v) is 6.65. The summed E-state index contributed by atoms with van der Waals surface area (Å²) in [5.41, 5.74) is -1.24. The molecule has 1 fully saturated rings. The van der Waals surface area contributed by atoms with E-state index in [4.69, 9.17) is 10.2 Å². The third-order valence-corrected chi connectivity index (χ3v) is 5.45. The number of aliphatic hydroxyl groups excluding tert-OH is 1. The van der Waals surface area contributed by atoms with Gasteiger partial charge >= 0.3 is 5.97 Å². The second kappa shape index (κ2) is 4.09. The lowest BCUT2D eigenvalue weighted by atomic mass is 9.88. The molecule has 1 rings (SSSR count). The molecule has 0 spiro atoms. The summed E-state index contributed by atoms with van der Waals surface area (Å²) < 4.78 is 23.1. The molecule has 0 aliphatic heterocycles. The fourth-order valence-electron chi connectivity index (χ4n) is 2.02. The van der Waals surface area contributed by atoms with E-state index >= 15 is 0 Å². The highest BCUT2D eigenvalue weighted by Crippen LogP contribution is 2.41. The summed E-state index contributed by atoms with van der Waals surface area (Å²) in [6.07, 6.45) is 0.612. The Hall–Kier alpha value is -0.620. The fraction of sp³-hybridized carbons (Fsp3) is 0.889. The lowest BCUT2D eigenvalue weighted by Crippen LogP contribution is -2.33. The van der Waals surface area contributed by atoms with Crippen molar-refractivity contribution in [1.29, 1.82) is 0 Å². The molecule has 0 aromatic heterocycles. The van der Waals surface area contributed by atoms with E-state index in [1.807, 2.05) is 0 Å². The van der Waals surface area contributed by atoms with Gasteiger partial charge in [-0.2, -0.15) is 0 Å². The van der Waals surface area contributed by atoms with Gasteiger partial charge in [-0.1, -0.05) is 6.92 Å². The molecule has 0 aromatic carbocycles. The minimum atomic E-state index is -3.19. The van der Waals surface area contributed by atoms with Crippen molar-refractivity contribution in [3.8, 4) is 0 Å². The molecule has 0 heterocycles. The van der Waals surface area contributed by atoms with Crippen LogP contribution in [0.4, 0.5) is 0 Å². The molecule has 2 N–H and O–H groups in total. The highest BCUT2D eigenvalue weighted by Gasteiger charge is 2.48. The third-order valence-electron chi connectivity index (χ3n) is 3.23. The molecule has 2 atom stereocenters. The van der Waals surface area contributed by atoms with Crippen molar-refractivity contribution < 1.29 is 23.4 Å². The van der Waals surface area contributed by atoms with E-state index in [1.165, 1.54) is 0 Å². The molecule has 0 saturated heterocycles. The second-order valence-corrected chi connectivity index (χ2v) is 6.63. The van der Waals surface area contributed by atoms with Gasteiger partial charge < -0.3 is 10.2 Å². The van der Waals surface area contributed by atoms with Crippen LogP contribution in [0.5, 0.6) is 0 Å². The average molecular weight is 236 g/mol. The van der Waals surface area contributed by atoms with Crippen LogP contribution in [0.3, 0.4) is 0 Å². The topological polar surface area (TPSA) is 91.7 Å². The van der Waals surface area contributed by atoms with Gasteiger partial charge in [-0.3, -0.25) is 4.79 Å². The maximum absolute atomic E-state index is 11.6. The van der Waals surface area contributed by atoms with E-state index in [0.29, 0.717) is 6.42 Å². The van der Waals surface area contributed by atoms with Crippen molar-refractivity contribution in [2.24, 2.45) is 5.41 Å². The lowest BCUT2D eigenvalue weighted by Gasteiger charge is -2.20. The number of carbonyl (C=O) groups is 1. The first-order chi connectivity index (χ1) is 6.88. The van der Waals surface area contributed by atoms with Gasteiger partial charge in [-0.15, -0.1) is 0 Å². The monoisotopic (exact) mass is 236 g/mol. The van der Waals surface area contributed by atoms with Gasteiger partial charge in [0.05, 0.1) is 17.3 Å². The smallest absolute Gasteiger partial charge is 0.312 e. The molecule has 5 nitrogen and oxygen atoms in total. The summed E-state index contributed by atoms with van der Waals surface area (Å²) in [6, 6.07) is 0. The summed E-state index contributed by atoms with van der Waals surface area (Å²) in [6.45, 7) is 1.06. The Morgan fingerprint density at radius 3 is 2.47 bits per heavy atom. The summed E-state index contributed by atoms with van der Waals surface area (Å²) in [4.78, 5) is 11.0. The first kappa shape index (κ1) is 12.4. The Morgan fingerprint density at radius 2 is 2.13 bits per heavy atom. The van der Waals surface area contributed by atoms with E-state index in [0.717, 1.165) is 0 Å². The normalized spacial score (nSPS) is 31.7. The molecular formula is C9H16O5S. The molecular weight excluding hydrogens is 220 g/mol. The zero-order valence-electron chi connectivity index (χ0n) is 8.64. The molecule has 1 aliphatic carbocycles. The van der Waals surface area contributed by atoms with Crippen molar-refractivity contribution in [1.82, 2.24) is 0 Å². The molecule has 1 aliphatic rings. The minimum absolute atomic E-state index is 0.0266. The van der Waals surface area contributed by atoms with Crippen molar-refractivity contribution in [2.75, 3.05) is 12.4 Å². The molecule has 0 aromatic rings. The lowest BCUT2D eigenvalue weighted by molar-refractivity contribution is -0.151. The molecule has 1 saturated carbocycles. The number of aliphatic carboxylic acids is 1. The standard InChI is InChI=1S/C9H16O5S/c1-2-15(13,14)7-3-4-9(5-7,6-10)8(11)12/h7,10H,2-6H2,1H3,(H,11,12)/t7-,9-/m0/s1. The summed E-state index contributed by atoms with van der Waals surface area (Å²) >= 11 is 0. The third kappa shape index (κ3) is 2.15. The van der Waals surface area contributed by atoms with E-state index in [9.17, 15) is 13.2 Å². The van der Waals surface area contributed by atoms with E-state index in [2.05, 4.69) is 0 Å². The Labute approximate surface area is 89.0 Å². The molecule has 0 bridgehead atoms. The molecule has 0 amide bonds. The van der Waals surface area contributed by atoms with E-state index < -0.39 is 33.1 Å². The number of sulfone groups is 1. The maximum atomic E-state index is 11.6. The van der Waals surface area contributed by atoms with Crippen LogP contribution >= 0.6 is 0 Å². The largest absolute Gasteiger partial charge is 0.481 e. The van der Waals surface area contributed by atoms with Gasteiger partial charge in [-0.25, -0.2) is 8.42 Å². The average Bonchev–Trinajstić information content (AvgIpc) is 2.63. The highest BCUT2D eigenvalue weighted by molar-refractivity contribution is 7.92. The quantitative estimate of drug-likeness (QED) is 0.719. The van der Waals surface area contributed by atoms with Crippen LogP contribution in [0.2, 0.25) is 0 Å². The first-order valence-electron chi connectivity index (χ1n) is 4.94. The Balaban J connectivity index is 2.87. The van der Waals surface area contributed by atoms with Gasteiger partial charge in [0.25, 0.3) is 0 Å². The zero-order valence-corrected chi connectivity index (χ0v) is 9.46. The van der Waals surface area contributed by atoms with Crippen LogP contribution < -0.4 is 0 Å². The van der Waals surface area contributed by atoms with Crippen molar-refractivity contribution in [3.63, 3.8) is 0 Å². The number of rotatable bonds is 4. The van der Waals surface area contributed by atoms with Gasteiger partial charge in [0.15, 0.2) is 9.84 Å². The molecule has 0 radical (unpaired) electrons. The minimum Gasteiger partial charge on any atom is -0.481 e. The fourth-order valence-corrected chi connectivity index (χ4v) is 3.55. The van der Waals surface area contributed by atoms with Crippen molar-refractivity contribution >= 4 is 15.8 Å². The van der Waals surface area contributed by atoms with Gasteiger partial charge in [0.1, 0.15) is 0 Å². The molecule has 0 unspecified atom stereocenters. The molecule has 88 valence electrons. The van der Waals surface area contributed by atoms with Crippen LogP contribution in [-0.4, -0.2) is 42.2 Å². The summed E-state index contributed by atoms with van der Waals surface area (Å²) in [5.74, 6) is -1.07. The van der Waals surface area contributed by atoms with E-state index in [-0.39, 0.29) is 18.6 Å². The Morgan fingerprint density at radius 1 is 1.53 bits per heavy atom. The molecule has 15 heavy (non-hydrogen) atoms. The van der Waals surface area contributed by atoms with E-state index in [1.54, 1.807) is 6.92 Å². The number of hydrogen-bond acceptors (Lipinski definition) is 4. The number of carboxylic acids is 1. The predicted octanol–water partition coefficient (Wildman–Crippen LogP) is 0.0369. The number of hydrogen-bond donors (Lipinski definition) is 2. The van der Waals surface area contributed by atoms with Crippen LogP contribution in [0, 0.1) is 5.41 Å². The zero-order chi connectivity index (χ0) is 11.7. The van der Waals surface area contributed by atoms with Gasteiger partial charge in [0, 0.05) is 5.75 Å². The second-order valence-electron chi connectivity index (χ2n) is 4.06. The summed E-state index contributed by atoms with van der Waals surface area (Å²) in [5, 5.41) is 17.4. The van der Waals surface area contributed by atoms with Crippen LogP contribution in [-0.2, 0) is 14.6 Å². The maximum Gasteiger partial charge on any atom is 0.312 e. The number of carboxylic acid groups (broad SMARTS) is 1. The van der Waals surface area contributed by atoms with Gasteiger partial charge in [-0.05, 0) is 19.3 Å². The SMILES string of the molecule is CCS(=O)(=O)[C@H]1CC[C@](CO)(C(=O)O)C1. The Bertz CT molecular complexity index is 348. The van der Waals surface area contributed by atoms with Crippen molar-refractivity contribution in [3.05, 3.63) is 0 Å². The van der Waals surface area contributed by atoms with Crippen LogP contribution in [0.1, 0.15) is 26.2 Å². The predicted molar refractivity (Wildman–Crippen MR) is 54.3 cm³/mol.